The van der Waals surface area contributed by atoms with Crippen molar-refractivity contribution in [2.45, 2.75) is 89.5 Å². The quantitative estimate of drug-likeness (QED) is 0.525. The molecule has 0 atom stereocenters. The van der Waals surface area contributed by atoms with Crippen molar-refractivity contribution in [3.63, 3.8) is 0 Å². The average Bonchev–Trinajstić information content (AvgIpc) is 2.64. The van der Waals surface area contributed by atoms with Gasteiger partial charge in [0.15, 0.2) is 0 Å². The van der Waals surface area contributed by atoms with Crippen molar-refractivity contribution in [1.29, 1.82) is 0 Å². The van der Waals surface area contributed by atoms with E-state index in [1.54, 1.807) is 0 Å². The number of hydrogen-bond acceptors (Lipinski definition) is 7. The Morgan fingerprint density at radius 1 is 0.960 bits per heavy atom. The number of piperidine rings is 1. The zero-order chi connectivity index (χ0) is 19.3. The molecular weight excluding hydrogens is 326 g/mol. The van der Waals surface area contributed by atoms with Gasteiger partial charge >= 0.3 is 11.9 Å². The van der Waals surface area contributed by atoms with Gasteiger partial charge in [0.1, 0.15) is 0 Å². The van der Waals surface area contributed by atoms with Crippen LogP contribution < -0.4 is 0 Å². The van der Waals surface area contributed by atoms with Crippen LogP contribution in [0.2, 0.25) is 0 Å². The van der Waals surface area contributed by atoms with Gasteiger partial charge in [0.25, 0.3) is 6.10 Å². The Kier molecular flexibility index (Phi) is 7.84. The highest BCUT2D eigenvalue weighted by Crippen LogP contribution is 2.46. The first-order valence-corrected chi connectivity index (χ1v) is 9.10. The predicted octanol–water partition coefficient (Wildman–Crippen LogP) is 2.21. The number of carbonyl (C=O) groups excluding carboxylic acids is 2. The van der Waals surface area contributed by atoms with Crippen LogP contribution in [0.25, 0.3) is 0 Å². The molecule has 0 aromatic heterocycles. The number of methoxy groups -OCH3 is 2. The molecule has 0 unspecified atom stereocenters. The SMILES string of the molecule is CCC1(CC)CC(O)CC(CC)(CC)N1OC(C(=O)OC)C(=O)OC. The molecule has 0 aromatic rings. The van der Waals surface area contributed by atoms with E-state index in [1.807, 2.05) is 32.8 Å². The number of aliphatic hydroxyl groups is 1. The molecule has 0 bridgehead atoms. The number of hydroxylamine groups is 2. The van der Waals surface area contributed by atoms with Crippen molar-refractivity contribution in [3.8, 4) is 0 Å². The highest BCUT2D eigenvalue weighted by Gasteiger charge is 2.54. The summed E-state index contributed by atoms with van der Waals surface area (Å²) in [5.41, 5.74) is -0.937. The average molecular weight is 359 g/mol. The third kappa shape index (κ3) is 4.15. The van der Waals surface area contributed by atoms with Gasteiger partial charge in [-0.05, 0) is 38.5 Å². The summed E-state index contributed by atoms with van der Waals surface area (Å²) in [4.78, 5) is 30.2. The van der Waals surface area contributed by atoms with Gasteiger partial charge in [-0.15, -0.1) is 0 Å². The largest absolute Gasteiger partial charge is 0.467 e. The molecule has 0 radical (unpaired) electrons. The number of aliphatic hydroxyl groups excluding tert-OH is 1. The fourth-order valence-corrected chi connectivity index (χ4v) is 4.00. The lowest BCUT2D eigenvalue weighted by molar-refractivity contribution is -0.326. The Bertz CT molecular complexity index is 420. The first kappa shape index (κ1) is 21.9. The van der Waals surface area contributed by atoms with Crippen molar-refractivity contribution in [3.05, 3.63) is 0 Å². The Hall–Kier alpha value is -1.18. The van der Waals surface area contributed by atoms with Crippen molar-refractivity contribution >= 4 is 11.9 Å². The molecule has 0 amide bonds. The second-order valence-corrected chi connectivity index (χ2v) is 6.75. The van der Waals surface area contributed by atoms with Crippen molar-refractivity contribution in [2.75, 3.05) is 14.2 Å². The minimum Gasteiger partial charge on any atom is -0.467 e. The number of esters is 2. The molecule has 1 fully saturated rings. The van der Waals surface area contributed by atoms with Gasteiger partial charge < -0.3 is 14.6 Å². The van der Waals surface area contributed by atoms with Gasteiger partial charge in [-0.25, -0.2) is 9.59 Å². The summed E-state index contributed by atoms with van der Waals surface area (Å²) < 4.78 is 9.46. The monoisotopic (exact) mass is 359 g/mol. The van der Waals surface area contributed by atoms with Crippen LogP contribution in [0.4, 0.5) is 0 Å². The van der Waals surface area contributed by atoms with Crippen LogP contribution in [0.1, 0.15) is 66.2 Å². The molecule has 0 aliphatic carbocycles. The lowest BCUT2D eigenvalue weighted by atomic mass is 9.72. The van der Waals surface area contributed by atoms with Gasteiger partial charge in [-0.2, -0.15) is 5.06 Å². The van der Waals surface area contributed by atoms with Crippen LogP contribution in [-0.2, 0) is 23.9 Å². The van der Waals surface area contributed by atoms with E-state index in [1.165, 1.54) is 14.2 Å². The molecule has 1 heterocycles. The maximum atomic E-state index is 12.1. The Balaban J connectivity index is 3.37. The van der Waals surface area contributed by atoms with Crippen LogP contribution in [0.5, 0.6) is 0 Å². The van der Waals surface area contributed by atoms with E-state index in [0.717, 1.165) is 25.7 Å². The number of carbonyl (C=O) groups is 2. The molecule has 1 aliphatic rings. The summed E-state index contributed by atoms with van der Waals surface area (Å²) >= 11 is 0. The maximum absolute atomic E-state index is 12.1. The minimum absolute atomic E-state index is 0.450. The van der Waals surface area contributed by atoms with Gasteiger partial charge in [0.2, 0.25) is 0 Å². The third-order valence-corrected chi connectivity index (χ3v) is 5.77. The molecule has 1 aliphatic heterocycles. The Morgan fingerprint density at radius 3 is 1.60 bits per heavy atom. The van der Waals surface area contributed by atoms with E-state index in [0.29, 0.717) is 12.8 Å². The predicted molar refractivity (Wildman–Crippen MR) is 92.6 cm³/mol. The summed E-state index contributed by atoms with van der Waals surface area (Å²) in [6, 6.07) is 0. The molecule has 0 spiro atoms. The molecular formula is C18H33NO6. The second-order valence-electron chi connectivity index (χ2n) is 6.75. The number of rotatable bonds is 8. The molecule has 1 N–H and O–H groups in total. The van der Waals surface area contributed by atoms with E-state index in [4.69, 9.17) is 14.3 Å². The molecule has 1 rings (SSSR count). The topological polar surface area (TPSA) is 85.3 Å². The van der Waals surface area contributed by atoms with Gasteiger partial charge in [-0.3, -0.25) is 4.84 Å². The molecule has 7 nitrogen and oxygen atoms in total. The Labute approximate surface area is 150 Å². The lowest BCUT2D eigenvalue weighted by Crippen LogP contribution is -2.67. The maximum Gasteiger partial charge on any atom is 0.348 e. The van der Waals surface area contributed by atoms with E-state index in [9.17, 15) is 14.7 Å². The fourth-order valence-electron chi connectivity index (χ4n) is 4.00. The zero-order valence-electron chi connectivity index (χ0n) is 16.3. The van der Waals surface area contributed by atoms with E-state index in [-0.39, 0.29) is 0 Å². The summed E-state index contributed by atoms with van der Waals surface area (Å²) in [5.74, 6) is -1.58. The van der Waals surface area contributed by atoms with Crippen molar-refractivity contribution < 1.29 is 29.0 Å². The minimum atomic E-state index is -1.47. The molecule has 7 heteroatoms. The second kappa shape index (κ2) is 8.96. The summed E-state index contributed by atoms with van der Waals surface area (Å²) in [7, 11) is 2.42. The van der Waals surface area contributed by atoms with Crippen molar-refractivity contribution in [2.24, 2.45) is 0 Å². The fraction of sp³-hybridized carbons (Fsp3) is 0.889. The number of nitrogens with zero attached hydrogens (tertiary/aromatic N) is 1. The van der Waals surface area contributed by atoms with E-state index >= 15 is 0 Å². The van der Waals surface area contributed by atoms with Gasteiger partial charge in [0.05, 0.1) is 20.3 Å². The van der Waals surface area contributed by atoms with Gasteiger partial charge in [0, 0.05) is 11.1 Å². The number of hydrogen-bond donors (Lipinski definition) is 1. The molecule has 25 heavy (non-hydrogen) atoms. The lowest BCUT2D eigenvalue weighted by Gasteiger charge is -2.57. The zero-order valence-corrected chi connectivity index (χ0v) is 16.3. The number of ether oxygens (including phenoxy) is 2. The van der Waals surface area contributed by atoms with E-state index in [2.05, 4.69) is 0 Å². The molecule has 146 valence electrons. The first-order valence-electron chi connectivity index (χ1n) is 9.10. The van der Waals surface area contributed by atoms with Crippen LogP contribution in [0.15, 0.2) is 0 Å². The van der Waals surface area contributed by atoms with E-state index < -0.39 is 35.2 Å². The van der Waals surface area contributed by atoms with Gasteiger partial charge in [-0.1, -0.05) is 27.7 Å². The normalized spacial score (nSPS) is 20.5. The van der Waals surface area contributed by atoms with Crippen molar-refractivity contribution in [1.82, 2.24) is 5.06 Å². The summed E-state index contributed by atoms with van der Waals surface area (Å²) in [6.45, 7) is 8.11. The molecule has 0 saturated carbocycles. The highest BCUT2D eigenvalue weighted by molar-refractivity contribution is 5.97. The molecule has 1 saturated heterocycles. The van der Waals surface area contributed by atoms with Crippen LogP contribution in [0.3, 0.4) is 0 Å². The first-order chi connectivity index (χ1) is 11.8. The Morgan fingerprint density at radius 2 is 1.32 bits per heavy atom. The smallest absolute Gasteiger partial charge is 0.348 e. The van der Waals surface area contributed by atoms with Crippen LogP contribution in [0, 0.1) is 0 Å². The third-order valence-electron chi connectivity index (χ3n) is 5.77. The standard InChI is InChI=1S/C18H33NO6/c1-7-17(8-2)11-13(20)12-18(9-3,10-4)19(17)25-14(15(21)23-5)16(22)24-6/h13-14,20H,7-12H2,1-6H3. The summed E-state index contributed by atoms with van der Waals surface area (Å²) in [6.07, 6.45) is 2.01. The highest BCUT2D eigenvalue weighted by atomic mass is 16.7. The molecule has 0 aromatic carbocycles. The van der Waals surface area contributed by atoms with Crippen LogP contribution in [-0.4, -0.2) is 59.6 Å². The summed E-state index contributed by atoms with van der Waals surface area (Å²) in [5, 5.41) is 12.3. The van der Waals surface area contributed by atoms with Crippen LogP contribution >= 0.6 is 0 Å².